The molecule has 1 aromatic heterocycles. The van der Waals surface area contributed by atoms with Crippen molar-refractivity contribution in [1.29, 1.82) is 0 Å². The van der Waals surface area contributed by atoms with Crippen LogP contribution in [0.3, 0.4) is 0 Å². The standard InChI is InChI=1S/C13H13ClFN3O3S/c1-22(20,21)7-6-18-5-4-12(17-18)16-13(19)10-3-2-9(15)8-11(10)14/h2-5,8H,6-7H2,1H3,(H,16,17,19). The molecule has 0 spiro atoms. The normalized spacial score (nSPS) is 11.4. The topological polar surface area (TPSA) is 81.1 Å². The summed E-state index contributed by atoms with van der Waals surface area (Å²) >= 11 is 5.80. The number of nitrogens with one attached hydrogen (secondary N) is 1. The van der Waals surface area contributed by atoms with Crippen LogP contribution in [0.15, 0.2) is 30.5 Å². The van der Waals surface area contributed by atoms with Gasteiger partial charge in [-0.25, -0.2) is 12.8 Å². The predicted octanol–water partition coefficient (Wildman–Crippen LogP) is 1.97. The zero-order chi connectivity index (χ0) is 16.3. The van der Waals surface area contributed by atoms with E-state index in [4.69, 9.17) is 11.6 Å². The maximum atomic E-state index is 12.9. The van der Waals surface area contributed by atoms with E-state index >= 15 is 0 Å². The second-order valence-corrected chi connectivity index (χ2v) is 7.34. The lowest BCUT2D eigenvalue weighted by atomic mass is 10.2. The minimum Gasteiger partial charge on any atom is -0.305 e. The summed E-state index contributed by atoms with van der Waals surface area (Å²) in [6.07, 6.45) is 2.68. The number of sulfone groups is 1. The van der Waals surface area contributed by atoms with Crippen molar-refractivity contribution in [3.8, 4) is 0 Å². The molecule has 1 amide bonds. The number of carbonyl (C=O) groups excluding carboxylic acids is 1. The average Bonchev–Trinajstić information content (AvgIpc) is 2.83. The first kappa shape index (κ1) is 16.4. The Bertz CT molecular complexity index is 805. The Balaban J connectivity index is 2.05. The molecular formula is C13H13ClFN3O3S. The Morgan fingerprint density at radius 3 is 2.77 bits per heavy atom. The van der Waals surface area contributed by atoms with Crippen molar-refractivity contribution in [3.05, 3.63) is 46.9 Å². The first-order valence-electron chi connectivity index (χ1n) is 6.22. The summed E-state index contributed by atoms with van der Waals surface area (Å²) in [7, 11) is -3.09. The highest BCUT2D eigenvalue weighted by Gasteiger charge is 2.13. The van der Waals surface area contributed by atoms with Crippen LogP contribution < -0.4 is 5.32 Å². The lowest BCUT2D eigenvalue weighted by molar-refractivity contribution is 0.102. The molecule has 0 aliphatic rings. The minimum atomic E-state index is -3.09. The third-order valence-corrected chi connectivity index (χ3v) is 3.99. The first-order chi connectivity index (χ1) is 10.2. The maximum Gasteiger partial charge on any atom is 0.258 e. The van der Waals surface area contributed by atoms with E-state index in [-0.39, 0.29) is 28.7 Å². The zero-order valence-corrected chi connectivity index (χ0v) is 13.2. The van der Waals surface area contributed by atoms with Crippen LogP contribution in [0.25, 0.3) is 0 Å². The van der Waals surface area contributed by atoms with Gasteiger partial charge in [-0.15, -0.1) is 0 Å². The molecule has 0 radical (unpaired) electrons. The summed E-state index contributed by atoms with van der Waals surface area (Å²) in [5.41, 5.74) is 0.119. The predicted molar refractivity (Wildman–Crippen MR) is 81.3 cm³/mol. The third-order valence-electron chi connectivity index (χ3n) is 2.75. The number of anilines is 1. The molecule has 1 aromatic carbocycles. The molecule has 0 atom stereocenters. The van der Waals surface area contributed by atoms with Crippen LogP contribution in [-0.2, 0) is 16.4 Å². The van der Waals surface area contributed by atoms with Crippen molar-refractivity contribution in [1.82, 2.24) is 9.78 Å². The quantitative estimate of drug-likeness (QED) is 0.898. The number of aryl methyl sites for hydroxylation is 1. The highest BCUT2D eigenvalue weighted by molar-refractivity contribution is 7.90. The molecule has 2 aromatic rings. The number of benzene rings is 1. The Hall–Kier alpha value is -1.93. The number of halogens is 2. The lowest BCUT2D eigenvalue weighted by Gasteiger charge is -2.04. The van der Waals surface area contributed by atoms with Crippen LogP contribution in [0.2, 0.25) is 5.02 Å². The van der Waals surface area contributed by atoms with Gasteiger partial charge in [0.25, 0.3) is 5.91 Å². The highest BCUT2D eigenvalue weighted by Crippen LogP contribution is 2.18. The number of nitrogens with zero attached hydrogens (tertiary/aromatic N) is 2. The van der Waals surface area contributed by atoms with Crippen LogP contribution in [0.4, 0.5) is 10.2 Å². The summed E-state index contributed by atoms with van der Waals surface area (Å²) in [4.78, 5) is 12.0. The summed E-state index contributed by atoms with van der Waals surface area (Å²) in [6, 6.07) is 4.97. The van der Waals surface area contributed by atoms with E-state index in [1.54, 1.807) is 6.20 Å². The minimum absolute atomic E-state index is 0.00555. The number of aromatic nitrogens is 2. The van der Waals surface area contributed by atoms with Gasteiger partial charge in [0, 0.05) is 18.5 Å². The molecule has 118 valence electrons. The molecule has 0 aliphatic carbocycles. The van der Waals surface area contributed by atoms with Crippen molar-refractivity contribution >= 4 is 33.2 Å². The van der Waals surface area contributed by atoms with E-state index < -0.39 is 21.6 Å². The fourth-order valence-corrected chi connectivity index (χ4v) is 2.44. The molecule has 9 heteroatoms. The molecule has 0 fully saturated rings. The number of amides is 1. The molecule has 1 heterocycles. The third kappa shape index (κ3) is 4.54. The molecule has 0 aliphatic heterocycles. The first-order valence-corrected chi connectivity index (χ1v) is 8.66. The van der Waals surface area contributed by atoms with Gasteiger partial charge in [-0.05, 0) is 18.2 Å². The van der Waals surface area contributed by atoms with Gasteiger partial charge in [-0.3, -0.25) is 9.48 Å². The van der Waals surface area contributed by atoms with E-state index in [2.05, 4.69) is 10.4 Å². The van der Waals surface area contributed by atoms with E-state index in [0.717, 1.165) is 18.4 Å². The Kier molecular flexibility index (Phi) is 4.82. The number of hydrogen-bond acceptors (Lipinski definition) is 4. The fourth-order valence-electron chi connectivity index (χ4n) is 1.67. The summed E-state index contributed by atoms with van der Waals surface area (Å²) in [6.45, 7) is 0.187. The number of carbonyl (C=O) groups is 1. The summed E-state index contributed by atoms with van der Waals surface area (Å²) in [5, 5.41) is 6.53. The zero-order valence-electron chi connectivity index (χ0n) is 11.6. The average molecular weight is 346 g/mol. The van der Waals surface area contributed by atoms with Gasteiger partial charge in [0.2, 0.25) is 0 Å². The van der Waals surface area contributed by atoms with Crippen molar-refractivity contribution in [2.45, 2.75) is 6.54 Å². The van der Waals surface area contributed by atoms with E-state index in [1.165, 1.54) is 16.8 Å². The monoisotopic (exact) mass is 345 g/mol. The molecule has 0 saturated heterocycles. The van der Waals surface area contributed by atoms with E-state index in [0.29, 0.717) is 0 Å². The Labute approximate surface area is 131 Å². The Morgan fingerprint density at radius 1 is 1.41 bits per heavy atom. The van der Waals surface area contributed by atoms with Crippen LogP contribution in [0, 0.1) is 5.82 Å². The SMILES string of the molecule is CS(=O)(=O)CCn1ccc(NC(=O)c2ccc(F)cc2Cl)n1. The van der Waals surface area contributed by atoms with Gasteiger partial charge in [-0.2, -0.15) is 5.10 Å². The smallest absolute Gasteiger partial charge is 0.258 e. The second kappa shape index (κ2) is 6.45. The summed E-state index contributed by atoms with van der Waals surface area (Å²) in [5.74, 6) is -0.866. The molecular weight excluding hydrogens is 333 g/mol. The van der Waals surface area contributed by atoms with Gasteiger partial charge in [0.15, 0.2) is 5.82 Å². The number of rotatable bonds is 5. The maximum absolute atomic E-state index is 12.9. The van der Waals surface area contributed by atoms with Crippen LogP contribution in [0.5, 0.6) is 0 Å². The largest absolute Gasteiger partial charge is 0.305 e. The van der Waals surface area contributed by atoms with Crippen molar-refractivity contribution < 1.29 is 17.6 Å². The van der Waals surface area contributed by atoms with E-state index in [9.17, 15) is 17.6 Å². The van der Waals surface area contributed by atoms with Gasteiger partial charge in [0.05, 0.1) is 22.9 Å². The van der Waals surface area contributed by atoms with Gasteiger partial charge in [0.1, 0.15) is 15.7 Å². The molecule has 0 saturated carbocycles. The van der Waals surface area contributed by atoms with Crippen LogP contribution in [-0.4, -0.2) is 36.1 Å². The summed E-state index contributed by atoms with van der Waals surface area (Å²) < 4.78 is 36.5. The molecule has 1 N–H and O–H groups in total. The molecule has 0 bridgehead atoms. The highest BCUT2D eigenvalue weighted by atomic mass is 35.5. The molecule has 0 unspecified atom stereocenters. The van der Waals surface area contributed by atoms with Crippen molar-refractivity contribution in [3.63, 3.8) is 0 Å². The molecule has 2 rings (SSSR count). The van der Waals surface area contributed by atoms with Gasteiger partial charge >= 0.3 is 0 Å². The lowest BCUT2D eigenvalue weighted by Crippen LogP contribution is -2.14. The van der Waals surface area contributed by atoms with Crippen molar-refractivity contribution in [2.24, 2.45) is 0 Å². The Morgan fingerprint density at radius 2 is 2.14 bits per heavy atom. The molecule has 22 heavy (non-hydrogen) atoms. The van der Waals surface area contributed by atoms with Gasteiger partial charge in [-0.1, -0.05) is 11.6 Å². The van der Waals surface area contributed by atoms with Crippen LogP contribution in [0.1, 0.15) is 10.4 Å². The van der Waals surface area contributed by atoms with Crippen molar-refractivity contribution in [2.75, 3.05) is 17.3 Å². The van der Waals surface area contributed by atoms with Gasteiger partial charge < -0.3 is 5.32 Å². The van der Waals surface area contributed by atoms with E-state index in [1.807, 2.05) is 0 Å². The fraction of sp³-hybridized carbons (Fsp3) is 0.231. The molecule has 6 nitrogen and oxygen atoms in total. The number of hydrogen-bond donors (Lipinski definition) is 1. The second-order valence-electron chi connectivity index (χ2n) is 4.67. The van der Waals surface area contributed by atoms with Crippen LogP contribution >= 0.6 is 11.6 Å².